The van der Waals surface area contributed by atoms with E-state index in [0.29, 0.717) is 25.2 Å². The van der Waals surface area contributed by atoms with Gasteiger partial charge in [-0.2, -0.15) is 5.01 Å². The third-order valence-electron chi connectivity index (χ3n) is 4.19. The zero-order valence-electron chi connectivity index (χ0n) is 13.1. The predicted molar refractivity (Wildman–Crippen MR) is 88.6 cm³/mol. The lowest BCUT2D eigenvalue weighted by Crippen LogP contribution is -2.64. The monoisotopic (exact) mass is 311 g/mol. The van der Waals surface area contributed by atoms with E-state index in [1.165, 1.54) is 0 Å². The Labute approximate surface area is 135 Å². The third-order valence-corrected chi connectivity index (χ3v) is 4.19. The van der Waals surface area contributed by atoms with Gasteiger partial charge in [0, 0.05) is 30.8 Å². The molecule has 5 nitrogen and oxygen atoms in total. The molecule has 5 heteroatoms. The Hall–Kier alpha value is -2.21. The van der Waals surface area contributed by atoms with Gasteiger partial charge in [0.15, 0.2) is 5.72 Å². The number of carbonyl (C=O) groups excluding carboxylic acids is 1. The molecule has 2 aromatic rings. The molecule has 0 spiro atoms. The van der Waals surface area contributed by atoms with Gasteiger partial charge in [0.1, 0.15) is 0 Å². The number of carbonyl (C=O) groups is 1. The number of benzene rings is 2. The summed E-state index contributed by atoms with van der Waals surface area (Å²) in [6.45, 7) is 3.47. The number of hydrogen-bond donors (Lipinski definition) is 3. The van der Waals surface area contributed by atoms with Crippen molar-refractivity contribution in [1.82, 2.24) is 15.8 Å². The summed E-state index contributed by atoms with van der Waals surface area (Å²) in [5.41, 5.74) is 3.87. The van der Waals surface area contributed by atoms with Crippen LogP contribution in [0.5, 0.6) is 0 Å². The van der Waals surface area contributed by atoms with Crippen LogP contribution in [0.4, 0.5) is 0 Å². The second kappa shape index (κ2) is 6.50. The summed E-state index contributed by atoms with van der Waals surface area (Å²) in [7, 11) is 0. The number of hydrogen-bond acceptors (Lipinski definition) is 4. The third kappa shape index (κ3) is 3.12. The quantitative estimate of drug-likeness (QED) is 0.801. The van der Waals surface area contributed by atoms with Crippen molar-refractivity contribution >= 4 is 5.91 Å². The highest BCUT2D eigenvalue weighted by Gasteiger charge is 2.39. The number of nitrogens with one attached hydrogen (secondary N) is 2. The fraction of sp³-hybridized carbons (Fsp3) is 0.278. The summed E-state index contributed by atoms with van der Waals surface area (Å²) < 4.78 is 0. The van der Waals surface area contributed by atoms with Gasteiger partial charge in [0.05, 0.1) is 0 Å². The van der Waals surface area contributed by atoms with E-state index in [1.807, 2.05) is 55.5 Å². The predicted octanol–water partition coefficient (Wildman–Crippen LogP) is 1.39. The summed E-state index contributed by atoms with van der Waals surface area (Å²) in [6.07, 6.45) is 0. The fourth-order valence-corrected chi connectivity index (χ4v) is 2.86. The van der Waals surface area contributed by atoms with Crippen molar-refractivity contribution in [3.63, 3.8) is 0 Å². The highest BCUT2D eigenvalue weighted by Crippen LogP contribution is 2.25. The first-order chi connectivity index (χ1) is 11.1. The first kappa shape index (κ1) is 15.7. The molecule has 3 rings (SSSR count). The largest absolute Gasteiger partial charge is 0.369 e. The number of amides is 1. The van der Waals surface area contributed by atoms with Crippen LogP contribution in [0, 0.1) is 6.92 Å². The average molecular weight is 311 g/mol. The molecule has 1 aliphatic rings. The SMILES string of the molecule is Cc1ccccc1C(=O)NN1CCNCC1(O)c1ccccc1. The maximum Gasteiger partial charge on any atom is 0.265 e. The van der Waals surface area contributed by atoms with E-state index in [9.17, 15) is 9.90 Å². The summed E-state index contributed by atoms with van der Waals surface area (Å²) in [5, 5.41) is 15.9. The van der Waals surface area contributed by atoms with E-state index in [1.54, 1.807) is 11.1 Å². The molecule has 0 radical (unpaired) electrons. The van der Waals surface area contributed by atoms with E-state index in [-0.39, 0.29) is 5.91 Å². The van der Waals surface area contributed by atoms with Crippen molar-refractivity contribution in [3.8, 4) is 0 Å². The van der Waals surface area contributed by atoms with Crippen molar-refractivity contribution in [2.45, 2.75) is 12.6 Å². The Bertz CT molecular complexity index is 690. The molecule has 1 heterocycles. The molecular weight excluding hydrogens is 290 g/mol. The highest BCUT2D eigenvalue weighted by atomic mass is 16.3. The molecular formula is C18H21N3O2. The number of piperazine rings is 1. The number of β-amino-alcohol motifs (C(OH)–C–C–N with tert-alkyl or cyclic N) is 1. The second-order valence-electron chi connectivity index (χ2n) is 5.77. The number of rotatable bonds is 3. The maximum absolute atomic E-state index is 12.6. The molecule has 2 aromatic carbocycles. The second-order valence-corrected chi connectivity index (χ2v) is 5.77. The molecule has 0 aliphatic carbocycles. The average Bonchev–Trinajstić information content (AvgIpc) is 2.58. The summed E-state index contributed by atoms with van der Waals surface area (Å²) in [5.74, 6) is -0.209. The maximum atomic E-state index is 12.6. The Morgan fingerprint density at radius 3 is 2.61 bits per heavy atom. The lowest BCUT2D eigenvalue weighted by molar-refractivity contribution is -0.147. The van der Waals surface area contributed by atoms with Gasteiger partial charge >= 0.3 is 0 Å². The van der Waals surface area contributed by atoms with E-state index in [2.05, 4.69) is 10.7 Å². The van der Waals surface area contributed by atoms with Gasteiger partial charge in [-0.25, -0.2) is 0 Å². The zero-order chi connectivity index (χ0) is 16.3. The molecule has 0 bridgehead atoms. The van der Waals surface area contributed by atoms with Gasteiger partial charge < -0.3 is 10.4 Å². The minimum atomic E-state index is -1.27. The molecule has 1 amide bonds. The number of hydrazine groups is 1. The van der Waals surface area contributed by atoms with Crippen LogP contribution >= 0.6 is 0 Å². The molecule has 1 aliphatic heterocycles. The van der Waals surface area contributed by atoms with Crippen molar-refractivity contribution in [3.05, 3.63) is 71.3 Å². The molecule has 1 atom stereocenters. The van der Waals surface area contributed by atoms with Gasteiger partial charge in [-0.1, -0.05) is 48.5 Å². The molecule has 1 unspecified atom stereocenters. The van der Waals surface area contributed by atoms with Gasteiger partial charge in [-0.15, -0.1) is 0 Å². The first-order valence-electron chi connectivity index (χ1n) is 7.74. The van der Waals surface area contributed by atoms with Crippen molar-refractivity contribution < 1.29 is 9.90 Å². The molecule has 1 saturated heterocycles. The fourth-order valence-electron chi connectivity index (χ4n) is 2.86. The Kier molecular flexibility index (Phi) is 4.43. The minimum Gasteiger partial charge on any atom is -0.369 e. The van der Waals surface area contributed by atoms with Crippen LogP contribution < -0.4 is 10.7 Å². The van der Waals surface area contributed by atoms with Gasteiger partial charge in [-0.05, 0) is 18.6 Å². The van der Waals surface area contributed by atoms with Crippen LogP contribution in [-0.2, 0) is 5.72 Å². The summed E-state index contributed by atoms with van der Waals surface area (Å²) >= 11 is 0. The Morgan fingerprint density at radius 2 is 1.87 bits per heavy atom. The lowest BCUT2D eigenvalue weighted by atomic mass is 10.0. The van der Waals surface area contributed by atoms with Crippen molar-refractivity contribution in [2.75, 3.05) is 19.6 Å². The number of nitrogens with zero attached hydrogens (tertiary/aromatic N) is 1. The van der Waals surface area contributed by atoms with Gasteiger partial charge in [-0.3, -0.25) is 10.2 Å². The van der Waals surface area contributed by atoms with Crippen LogP contribution in [0.1, 0.15) is 21.5 Å². The van der Waals surface area contributed by atoms with Crippen LogP contribution in [0.25, 0.3) is 0 Å². The smallest absolute Gasteiger partial charge is 0.265 e. The Balaban J connectivity index is 1.85. The molecule has 3 N–H and O–H groups in total. The standard InChI is InChI=1S/C18H21N3O2/c1-14-7-5-6-10-16(14)17(22)20-21-12-11-19-13-18(21,23)15-8-3-2-4-9-15/h2-10,19,23H,11-13H2,1H3,(H,20,22). The summed E-state index contributed by atoms with van der Waals surface area (Å²) in [4.78, 5) is 12.6. The molecule has 1 fully saturated rings. The summed E-state index contributed by atoms with van der Waals surface area (Å²) in [6, 6.07) is 16.8. The zero-order valence-corrected chi connectivity index (χ0v) is 13.1. The first-order valence-corrected chi connectivity index (χ1v) is 7.74. The molecule has 0 aromatic heterocycles. The molecule has 120 valence electrons. The van der Waals surface area contributed by atoms with Crippen LogP contribution in [0.15, 0.2) is 54.6 Å². The van der Waals surface area contributed by atoms with E-state index >= 15 is 0 Å². The van der Waals surface area contributed by atoms with E-state index in [4.69, 9.17) is 0 Å². The van der Waals surface area contributed by atoms with Crippen LogP contribution in [-0.4, -0.2) is 35.7 Å². The van der Waals surface area contributed by atoms with Crippen LogP contribution in [0.2, 0.25) is 0 Å². The van der Waals surface area contributed by atoms with Gasteiger partial charge in [0.2, 0.25) is 0 Å². The molecule has 23 heavy (non-hydrogen) atoms. The van der Waals surface area contributed by atoms with Crippen molar-refractivity contribution in [1.29, 1.82) is 0 Å². The lowest BCUT2D eigenvalue weighted by Gasteiger charge is -2.43. The van der Waals surface area contributed by atoms with E-state index < -0.39 is 5.72 Å². The highest BCUT2D eigenvalue weighted by molar-refractivity contribution is 5.95. The van der Waals surface area contributed by atoms with E-state index in [0.717, 1.165) is 11.1 Å². The number of aryl methyl sites for hydroxylation is 1. The minimum absolute atomic E-state index is 0.209. The number of aliphatic hydroxyl groups is 1. The topological polar surface area (TPSA) is 64.6 Å². The molecule has 0 saturated carbocycles. The van der Waals surface area contributed by atoms with Crippen molar-refractivity contribution in [2.24, 2.45) is 0 Å². The normalized spacial score (nSPS) is 21.8. The van der Waals surface area contributed by atoms with Crippen LogP contribution in [0.3, 0.4) is 0 Å². The van der Waals surface area contributed by atoms with Gasteiger partial charge in [0.25, 0.3) is 5.91 Å². The Morgan fingerprint density at radius 1 is 1.17 bits per heavy atom.